The van der Waals surface area contributed by atoms with Gasteiger partial charge in [0.05, 0.1) is 20.3 Å². The standard InChI is InChI=1S/C10H16N4O2.C10H18N2O2/c1-6-4-7(10(15)16-3)5-8(13-14-11)9(6)12-2;1-6-4-7(10(13)14-3)5-8(11)9(6)12-2/h4,6,8-9,12H,5H2,1-3H3;4,6,8-9,12H,5,11H2,1-3H3/t2*6-,8?,9?/m11/s1. The zero-order valence-corrected chi connectivity index (χ0v) is 18.6. The maximum Gasteiger partial charge on any atom is 0.333 e. The van der Waals surface area contributed by atoms with Gasteiger partial charge in [-0.2, -0.15) is 0 Å². The van der Waals surface area contributed by atoms with Gasteiger partial charge in [-0.25, -0.2) is 9.59 Å². The van der Waals surface area contributed by atoms with Gasteiger partial charge in [0.25, 0.3) is 0 Å². The third-order valence-corrected chi connectivity index (χ3v) is 5.58. The number of rotatable bonds is 5. The van der Waals surface area contributed by atoms with Crippen LogP contribution in [0.15, 0.2) is 28.4 Å². The number of nitrogens with zero attached hydrogens (tertiary/aromatic N) is 3. The number of azide groups is 1. The molecule has 0 saturated heterocycles. The normalized spacial score (nSPS) is 30.5. The van der Waals surface area contributed by atoms with Gasteiger partial charge >= 0.3 is 11.9 Å². The minimum atomic E-state index is -0.348. The van der Waals surface area contributed by atoms with Crippen LogP contribution in [0.5, 0.6) is 0 Å². The van der Waals surface area contributed by atoms with Gasteiger partial charge in [0, 0.05) is 34.2 Å². The maximum atomic E-state index is 11.4. The van der Waals surface area contributed by atoms with Crippen molar-refractivity contribution in [1.29, 1.82) is 0 Å². The van der Waals surface area contributed by atoms with Crippen molar-refractivity contribution in [2.24, 2.45) is 22.7 Å². The first-order valence-corrected chi connectivity index (χ1v) is 9.96. The lowest BCUT2D eigenvalue weighted by molar-refractivity contribution is -0.137. The minimum absolute atomic E-state index is 0.0194. The molecule has 0 radical (unpaired) electrons. The van der Waals surface area contributed by atoms with Crippen LogP contribution in [0.1, 0.15) is 26.7 Å². The molecule has 0 aromatic rings. The average molecular weight is 423 g/mol. The van der Waals surface area contributed by atoms with Crippen molar-refractivity contribution >= 4 is 11.9 Å². The van der Waals surface area contributed by atoms with E-state index in [2.05, 4.69) is 30.1 Å². The first-order chi connectivity index (χ1) is 14.2. The number of nitrogens with two attached hydrogens (primary N) is 1. The molecule has 4 unspecified atom stereocenters. The molecule has 0 bridgehead atoms. The molecule has 0 aromatic carbocycles. The number of carbonyl (C=O) groups is 2. The molecular weight excluding hydrogens is 388 g/mol. The Kier molecular flexibility index (Phi) is 10.5. The van der Waals surface area contributed by atoms with E-state index in [1.165, 1.54) is 14.2 Å². The SMILES string of the molecule is CNC1C(N)CC(C(=O)OC)=C[C@H]1C.CNC1C(N=[N+]=[N-])CC(C(=O)OC)=C[C@H]1C. The Morgan fingerprint density at radius 1 is 1.03 bits per heavy atom. The van der Waals surface area contributed by atoms with Crippen LogP contribution in [0.3, 0.4) is 0 Å². The first kappa shape index (κ1) is 25.6. The Balaban J connectivity index is 0.000000303. The summed E-state index contributed by atoms with van der Waals surface area (Å²) in [6.07, 6.45) is 4.82. The molecule has 168 valence electrons. The summed E-state index contributed by atoms with van der Waals surface area (Å²) in [5.74, 6) is -0.220. The number of methoxy groups -OCH3 is 2. The Morgan fingerprint density at radius 2 is 1.50 bits per heavy atom. The predicted octanol–water partition coefficient (Wildman–Crippen LogP) is 1.43. The molecule has 0 amide bonds. The third-order valence-electron chi connectivity index (χ3n) is 5.58. The Morgan fingerprint density at radius 3 is 1.90 bits per heavy atom. The van der Waals surface area contributed by atoms with Gasteiger partial charge in [-0.3, -0.25) is 0 Å². The van der Waals surface area contributed by atoms with Gasteiger partial charge in [0.1, 0.15) is 0 Å². The van der Waals surface area contributed by atoms with Crippen LogP contribution in [0.4, 0.5) is 0 Å². The number of hydrogen-bond donors (Lipinski definition) is 3. The topological polar surface area (TPSA) is 151 Å². The zero-order chi connectivity index (χ0) is 22.8. The molecule has 2 aliphatic rings. The summed E-state index contributed by atoms with van der Waals surface area (Å²) >= 11 is 0. The number of likely N-dealkylation sites (N-methyl/N-ethyl adjacent to an activating group) is 2. The smallest absolute Gasteiger partial charge is 0.333 e. The van der Waals surface area contributed by atoms with Crippen LogP contribution in [0.2, 0.25) is 0 Å². The van der Waals surface area contributed by atoms with E-state index in [9.17, 15) is 9.59 Å². The van der Waals surface area contributed by atoms with Gasteiger partial charge in [-0.05, 0) is 44.3 Å². The largest absolute Gasteiger partial charge is 0.466 e. The molecule has 10 nitrogen and oxygen atoms in total. The van der Waals surface area contributed by atoms with Gasteiger partial charge in [0.2, 0.25) is 0 Å². The highest BCUT2D eigenvalue weighted by Crippen LogP contribution is 2.26. The molecule has 0 spiro atoms. The quantitative estimate of drug-likeness (QED) is 0.262. The number of nitrogens with one attached hydrogen (secondary N) is 2. The Bertz CT molecular complexity index is 716. The van der Waals surface area contributed by atoms with Gasteiger partial charge in [-0.1, -0.05) is 31.1 Å². The lowest BCUT2D eigenvalue weighted by Gasteiger charge is -2.32. The van der Waals surface area contributed by atoms with Crippen molar-refractivity contribution in [3.8, 4) is 0 Å². The number of hydrogen-bond acceptors (Lipinski definition) is 8. The molecule has 0 heterocycles. The zero-order valence-electron chi connectivity index (χ0n) is 18.6. The summed E-state index contributed by atoms with van der Waals surface area (Å²) in [6, 6.07) is 0.0333. The monoisotopic (exact) mass is 422 g/mol. The van der Waals surface area contributed by atoms with Gasteiger partial charge < -0.3 is 25.8 Å². The summed E-state index contributed by atoms with van der Waals surface area (Å²) in [6.45, 7) is 4.02. The fourth-order valence-electron chi connectivity index (χ4n) is 4.13. The summed E-state index contributed by atoms with van der Waals surface area (Å²) in [4.78, 5) is 25.5. The fourth-order valence-corrected chi connectivity index (χ4v) is 4.13. The molecule has 30 heavy (non-hydrogen) atoms. The molecule has 0 aliphatic heterocycles. The van der Waals surface area contributed by atoms with Crippen molar-refractivity contribution in [2.45, 2.75) is 50.9 Å². The number of ether oxygens (including phenoxy) is 2. The van der Waals surface area contributed by atoms with Gasteiger partial charge in [-0.15, -0.1) is 0 Å². The van der Waals surface area contributed by atoms with Crippen molar-refractivity contribution in [3.63, 3.8) is 0 Å². The number of esters is 2. The summed E-state index contributed by atoms with van der Waals surface area (Å²) in [7, 11) is 6.44. The first-order valence-electron chi connectivity index (χ1n) is 9.96. The van der Waals surface area contributed by atoms with Crippen LogP contribution in [0, 0.1) is 11.8 Å². The summed E-state index contributed by atoms with van der Waals surface area (Å²) in [5.41, 5.74) is 15.7. The highest BCUT2D eigenvalue weighted by Gasteiger charge is 2.32. The van der Waals surface area contributed by atoms with Crippen molar-refractivity contribution in [2.75, 3.05) is 28.3 Å². The van der Waals surface area contributed by atoms with E-state index < -0.39 is 0 Å². The van der Waals surface area contributed by atoms with E-state index in [0.29, 0.717) is 24.0 Å². The van der Waals surface area contributed by atoms with Crippen LogP contribution in [-0.2, 0) is 19.1 Å². The lowest BCUT2D eigenvalue weighted by atomic mass is 9.83. The molecular formula is C20H34N6O4. The van der Waals surface area contributed by atoms with E-state index >= 15 is 0 Å². The van der Waals surface area contributed by atoms with Crippen molar-refractivity contribution in [1.82, 2.24) is 10.6 Å². The van der Waals surface area contributed by atoms with E-state index in [0.717, 1.165) is 0 Å². The molecule has 0 saturated carbocycles. The molecule has 4 N–H and O–H groups in total. The second kappa shape index (κ2) is 12.3. The molecule has 0 fully saturated rings. The average Bonchev–Trinajstić information content (AvgIpc) is 2.72. The van der Waals surface area contributed by atoms with Crippen LogP contribution in [0.25, 0.3) is 10.4 Å². The molecule has 6 atom stereocenters. The van der Waals surface area contributed by atoms with Crippen LogP contribution < -0.4 is 16.4 Å². The summed E-state index contributed by atoms with van der Waals surface area (Å²) < 4.78 is 9.34. The molecule has 10 heteroatoms. The highest BCUT2D eigenvalue weighted by atomic mass is 16.5. The Labute approximate surface area is 177 Å². The summed E-state index contributed by atoms with van der Waals surface area (Å²) in [5, 5.41) is 9.99. The van der Waals surface area contributed by atoms with Crippen LogP contribution in [-0.4, -0.2) is 64.4 Å². The number of carbonyl (C=O) groups excluding carboxylic acids is 2. The Hall–Kier alpha value is -2.39. The van der Waals surface area contributed by atoms with E-state index in [1.54, 1.807) is 0 Å². The van der Waals surface area contributed by atoms with Crippen molar-refractivity contribution < 1.29 is 19.1 Å². The second-order valence-corrected chi connectivity index (χ2v) is 7.56. The van der Waals surface area contributed by atoms with Crippen molar-refractivity contribution in [3.05, 3.63) is 33.7 Å². The molecule has 2 rings (SSSR count). The van der Waals surface area contributed by atoms with Crippen LogP contribution >= 0.6 is 0 Å². The lowest BCUT2D eigenvalue weighted by Crippen LogP contribution is -2.50. The fraction of sp³-hybridized carbons (Fsp3) is 0.700. The molecule has 2 aliphatic carbocycles. The van der Waals surface area contributed by atoms with E-state index in [-0.39, 0.29) is 47.9 Å². The minimum Gasteiger partial charge on any atom is -0.466 e. The predicted molar refractivity (Wildman–Crippen MR) is 114 cm³/mol. The second-order valence-electron chi connectivity index (χ2n) is 7.56. The maximum absolute atomic E-state index is 11.4. The third kappa shape index (κ3) is 6.56. The van der Waals surface area contributed by atoms with Gasteiger partial charge in [0.15, 0.2) is 0 Å². The highest BCUT2D eigenvalue weighted by molar-refractivity contribution is 5.89. The van der Waals surface area contributed by atoms with E-state index in [1.807, 2.05) is 40.1 Å². The molecule has 0 aromatic heterocycles. The van der Waals surface area contributed by atoms with E-state index in [4.69, 9.17) is 11.3 Å².